The maximum absolute atomic E-state index is 8.23. The lowest BCUT2D eigenvalue weighted by atomic mass is 9.94. The van der Waals surface area contributed by atoms with Crippen molar-refractivity contribution in [1.82, 2.24) is 0 Å². The first kappa shape index (κ1) is 8.58. The molecule has 0 aliphatic heterocycles. The molecule has 0 aromatic heterocycles. The Labute approximate surface area is 57.7 Å². The Morgan fingerprint density at radius 1 is 1.33 bits per heavy atom. The fourth-order valence-electron chi connectivity index (χ4n) is 0.438. The van der Waals surface area contributed by atoms with E-state index in [0.717, 1.165) is 26.7 Å². The van der Waals surface area contributed by atoms with Crippen LogP contribution in [0, 0.1) is 11.8 Å². The third kappa shape index (κ3) is 7.58. The van der Waals surface area contributed by atoms with Gasteiger partial charge in [-0.15, -0.1) is 11.8 Å². The molecule has 0 aliphatic rings. The van der Waals surface area contributed by atoms with Crippen molar-refractivity contribution in [2.45, 2.75) is 32.5 Å². The van der Waals surface area contributed by atoms with Crippen LogP contribution >= 0.6 is 0 Å². The van der Waals surface area contributed by atoms with E-state index in [1.165, 1.54) is 0 Å². The molecule has 0 rings (SSSR count). The average molecular weight is 123 g/mol. The van der Waals surface area contributed by atoms with Crippen LogP contribution in [0.1, 0.15) is 26.2 Å². The highest BCUT2D eigenvalue weighted by Crippen LogP contribution is 1.85. The first-order chi connectivity index (χ1) is 4.41. The zero-order valence-corrected chi connectivity index (χ0v) is 5.85. The minimum atomic E-state index is 0.691. The summed E-state index contributed by atoms with van der Waals surface area (Å²) in [6, 6.07) is 0. The third-order valence-electron chi connectivity index (χ3n) is 0.898. The molecule has 0 aromatic carbocycles. The lowest BCUT2D eigenvalue weighted by Crippen LogP contribution is -1.82. The molecule has 1 radical (unpaired) electrons. The highest BCUT2D eigenvalue weighted by Gasteiger charge is 1.79. The maximum Gasteiger partial charge on any atom is 0.288 e. The molecular weight excluding hydrogens is 111 g/mol. The van der Waals surface area contributed by atoms with E-state index in [9.17, 15) is 0 Å². The highest BCUT2D eigenvalue weighted by atomic mass is 16.2. The van der Waals surface area contributed by atoms with Gasteiger partial charge in [-0.3, -0.25) is 0 Å². The van der Waals surface area contributed by atoms with E-state index in [-0.39, 0.29) is 0 Å². The van der Waals surface area contributed by atoms with Crippen LogP contribution < -0.4 is 0 Å². The van der Waals surface area contributed by atoms with Gasteiger partial charge in [0, 0.05) is 12.8 Å². The summed E-state index contributed by atoms with van der Waals surface area (Å²) in [6.45, 7) is 2.10. The van der Waals surface area contributed by atoms with Crippen LogP contribution in [0.4, 0.5) is 0 Å². The molecule has 0 saturated heterocycles. The summed E-state index contributed by atoms with van der Waals surface area (Å²) in [4.78, 5) is 0. The van der Waals surface area contributed by atoms with Crippen LogP contribution in [0.5, 0.6) is 0 Å². The molecule has 0 atom stereocenters. The molecule has 1 nitrogen and oxygen atoms in total. The van der Waals surface area contributed by atoms with Gasteiger partial charge in [0.05, 0.1) is 0 Å². The molecule has 9 heavy (non-hydrogen) atoms. The minimum Gasteiger partial charge on any atom is -0.454 e. The van der Waals surface area contributed by atoms with E-state index < -0.39 is 0 Å². The Hall–Kier alpha value is -0.415. The van der Waals surface area contributed by atoms with Crippen LogP contribution in [0.3, 0.4) is 0 Å². The summed E-state index contributed by atoms with van der Waals surface area (Å²) in [5, 5.41) is 8.23. The summed E-state index contributed by atoms with van der Waals surface area (Å²) in [7, 11) is 1.15. The third-order valence-corrected chi connectivity index (χ3v) is 0.898. The van der Waals surface area contributed by atoms with Gasteiger partial charge in [0.25, 0.3) is 7.48 Å². The predicted octanol–water partition coefficient (Wildman–Crippen LogP) is 1.21. The van der Waals surface area contributed by atoms with E-state index in [4.69, 9.17) is 5.02 Å². The van der Waals surface area contributed by atoms with Crippen molar-refractivity contribution in [3.63, 3.8) is 0 Å². The highest BCUT2D eigenvalue weighted by molar-refractivity contribution is 6.25. The molecular formula is C7H12BO. The van der Waals surface area contributed by atoms with Gasteiger partial charge < -0.3 is 5.02 Å². The molecule has 0 bridgehead atoms. The SMILES string of the molecule is CCCC#CCC[B]O. The van der Waals surface area contributed by atoms with Crippen molar-refractivity contribution in [3.8, 4) is 11.8 Å². The summed E-state index contributed by atoms with van der Waals surface area (Å²) >= 11 is 0. The Kier molecular flexibility index (Phi) is 7.24. The first-order valence-electron chi connectivity index (χ1n) is 3.33. The number of rotatable bonds is 3. The topological polar surface area (TPSA) is 20.2 Å². The summed E-state index contributed by atoms with van der Waals surface area (Å²) in [5.74, 6) is 5.93. The predicted molar refractivity (Wildman–Crippen MR) is 40.1 cm³/mol. The van der Waals surface area contributed by atoms with Crippen molar-refractivity contribution in [2.75, 3.05) is 0 Å². The van der Waals surface area contributed by atoms with Gasteiger partial charge in [0.15, 0.2) is 0 Å². The minimum absolute atomic E-state index is 0.691. The molecule has 1 N–H and O–H groups in total. The molecule has 49 valence electrons. The van der Waals surface area contributed by atoms with E-state index in [2.05, 4.69) is 18.8 Å². The Morgan fingerprint density at radius 3 is 2.56 bits per heavy atom. The fourth-order valence-corrected chi connectivity index (χ4v) is 0.438. The second-order valence-electron chi connectivity index (χ2n) is 1.82. The largest absolute Gasteiger partial charge is 0.454 e. The molecule has 0 aliphatic carbocycles. The van der Waals surface area contributed by atoms with Crippen LogP contribution in [0.25, 0.3) is 0 Å². The zero-order chi connectivity index (χ0) is 6.95. The van der Waals surface area contributed by atoms with Crippen LogP contribution in [-0.2, 0) is 0 Å². The van der Waals surface area contributed by atoms with Crippen LogP contribution in [0.2, 0.25) is 6.32 Å². The molecule has 0 aromatic rings. The summed E-state index contributed by atoms with van der Waals surface area (Å²) < 4.78 is 0. The number of hydrogen-bond donors (Lipinski definition) is 1. The molecule has 2 heteroatoms. The second-order valence-corrected chi connectivity index (χ2v) is 1.82. The van der Waals surface area contributed by atoms with Crippen LogP contribution in [-0.4, -0.2) is 12.5 Å². The maximum atomic E-state index is 8.23. The van der Waals surface area contributed by atoms with Crippen LogP contribution in [0.15, 0.2) is 0 Å². The number of unbranched alkanes of at least 4 members (excludes halogenated alkanes) is 1. The van der Waals surface area contributed by atoms with Crippen molar-refractivity contribution in [3.05, 3.63) is 0 Å². The van der Waals surface area contributed by atoms with Gasteiger partial charge in [-0.1, -0.05) is 6.92 Å². The fraction of sp³-hybridized carbons (Fsp3) is 0.714. The molecule has 0 heterocycles. The first-order valence-corrected chi connectivity index (χ1v) is 3.33. The van der Waals surface area contributed by atoms with Gasteiger partial charge in [0.1, 0.15) is 0 Å². The second kappa shape index (κ2) is 7.58. The summed E-state index contributed by atoms with van der Waals surface area (Å²) in [5.41, 5.74) is 0. The Morgan fingerprint density at radius 2 is 2.00 bits per heavy atom. The summed E-state index contributed by atoms with van der Waals surface area (Å²) in [6.07, 6.45) is 3.58. The van der Waals surface area contributed by atoms with Gasteiger partial charge in [-0.05, 0) is 12.7 Å². The van der Waals surface area contributed by atoms with Crippen molar-refractivity contribution in [2.24, 2.45) is 0 Å². The lowest BCUT2D eigenvalue weighted by molar-refractivity contribution is 0.600. The van der Waals surface area contributed by atoms with E-state index in [1.54, 1.807) is 0 Å². The zero-order valence-electron chi connectivity index (χ0n) is 5.85. The quantitative estimate of drug-likeness (QED) is 0.339. The van der Waals surface area contributed by atoms with Crippen molar-refractivity contribution < 1.29 is 5.02 Å². The monoisotopic (exact) mass is 123 g/mol. The van der Waals surface area contributed by atoms with Gasteiger partial charge in [-0.25, -0.2) is 0 Å². The average Bonchev–Trinajstić information content (AvgIpc) is 1.89. The van der Waals surface area contributed by atoms with Gasteiger partial charge in [0.2, 0.25) is 0 Å². The molecule has 0 unspecified atom stereocenters. The standard InChI is InChI=1S/C7H12BO/c1-2-3-4-5-6-7-8-9/h9H,2-3,6-7H2,1H3. The molecule has 0 saturated carbocycles. The molecule has 0 spiro atoms. The smallest absolute Gasteiger partial charge is 0.288 e. The van der Waals surface area contributed by atoms with E-state index >= 15 is 0 Å². The normalized spacial score (nSPS) is 7.78. The van der Waals surface area contributed by atoms with Gasteiger partial charge in [-0.2, -0.15) is 0 Å². The van der Waals surface area contributed by atoms with Crippen molar-refractivity contribution in [1.29, 1.82) is 0 Å². The van der Waals surface area contributed by atoms with E-state index in [1.807, 2.05) is 0 Å². The Balaban J connectivity index is 2.96. The van der Waals surface area contributed by atoms with Gasteiger partial charge >= 0.3 is 0 Å². The lowest BCUT2D eigenvalue weighted by Gasteiger charge is -1.80. The van der Waals surface area contributed by atoms with E-state index in [0.29, 0.717) is 6.32 Å². The Bertz CT molecular complexity index is 101. The van der Waals surface area contributed by atoms with Crippen molar-refractivity contribution >= 4 is 7.48 Å². The number of hydrogen-bond acceptors (Lipinski definition) is 1. The molecule has 0 amide bonds. The molecule has 0 fully saturated rings.